The van der Waals surface area contributed by atoms with Crippen LogP contribution >= 0.6 is 0 Å². The summed E-state index contributed by atoms with van der Waals surface area (Å²) >= 11 is 0. The fraction of sp³-hybridized carbons (Fsp3) is 0.800. The van der Waals surface area contributed by atoms with Crippen LogP contribution in [0.1, 0.15) is 6.92 Å². The lowest BCUT2D eigenvalue weighted by Gasteiger charge is -1.67. The Labute approximate surface area is 48.6 Å². The van der Waals surface area contributed by atoms with E-state index in [2.05, 4.69) is 11.7 Å². The number of epoxide rings is 1. The highest BCUT2D eigenvalue weighted by atomic mass is 16.6. The van der Waals surface area contributed by atoms with Gasteiger partial charge in [-0.3, -0.25) is 4.79 Å². The summed E-state index contributed by atoms with van der Waals surface area (Å²) in [6.45, 7) is 3.42. The van der Waals surface area contributed by atoms with Crippen LogP contribution < -0.4 is 0 Å². The van der Waals surface area contributed by atoms with E-state index < -0.39 is 0 Å². The Morgan fingerprint density at radius 2 is 2.12 bits per heavy atom. The Balaban J connectivity index is 0.000000122. The van der Waals surface area contributed by atoms with Crippen molar-refractivity contribution in [1.29, 1.82) is 0 Å². The number of hydrogen-bond acceptors (Lipinski definition) is 3. The lowest BCUT2D eigenvalue weighted by atomic mass is 10.6. The first-order chi connectivity index (χ1) is 3.81. The Hall–Kier alpha value is -0.570. The molecule has 0 aromatic rings. The summed E-state index contributed by atoms with van der Waals surface area (Å²) in [4.78, 5) is 8.95. The monoisotopic (exact) mass is 118 g/mol. The second-order valence-electron chi connectivity index (χ2n) is 1.48. The van der Waals surface area contributed by atoms with E-state index in [9.17, 15) is 0 Å². The van der Waals surface area contributed by atoms with E-state index in [4.69, 9.17) is 9.53 Å². The van der Waals surface area contributed by atoms with Crippen molar-refractivity contribution in [1.82, 2.24) is 0 Å². The number of carbonyl (C=O) groups is 1. The molecule has 1 heterocycles. The molecular weight excluding hydrogens is 108 g/mol. The largest absolute Gasteiger partial charge is 0.471 e. The molecule has 3 nitrogen and oxygen atoms in total. The highest BCUT2D eigenvalue weighted by molar-refractivity contribution is 5.36. The van der Waals surface area contributed by atoms with Gasteiger partial charge in [-0.1, -0.05) is 0 Å². The van der Waals surface area contributed by atoms with Gasteiger partial charge < -0.3 is 9.47 Å². The fourth-order valence-corrected chi connectivity index (χ4v) is 0.0962. The predicted molar refractivity (Wildman–Crippen MR) is 28.5 cm³/mol. The third-order valence-electron chi connectivity index (χ3n) is 0.596. The van der Waals surface area contributed by atoms with Crippen LogP contribution in [0, 0.1) is 0 Å². The summed E-state index contributed by atoms with van der Waals surface area (Å²) in [6, 6.07) is 0. The van der Waals surface area contributed by atoms with Crippen molar-refractivity contribution < 1.29 is 14.3 Å². The molecule has 1 aliphatic heterocycles. The van der Waals surface area contributed by atoms with E-state index in [-0.39, 0.29) is 0 Å². The van der Waals surface area contributed by atoms with Crippen LogP contribution in [-0.2, 0) is 14.3 Å². The van der Waals surface area contributed by atoms with Crippen molar-refractivity contribution in [2.45, 2.75) is 13.0 Å². The molecule has 0 bridgehead atoms. The maximum absolute atomic E-state index is 8.95. The first-order valence-corrected chi connectivity index (χ1v) is 2.39. The molecule has 1 atom stereocenters. The minimum Gasteiger partial charge on any atom is -0.471 e. The average molecular weight is 118 g/mol. The van der Waals surface area contributed by atoms with Crippen LogP contribution in [-0.4, -0.2) is 26.3 Å². The minimum atomic E-state index is 0.375. The van der Waals surface area contributed by atoms with Crippen LogP contribution in [0.4, 0.5) is 0 Å². The number of ether oxygens (including phenoxy) is 2. The smallest absolute Gasteiger partial charge is 0.292 e. The quantitative estimate of drug-likeness (QED) is 0.364. The third-order valence-corrected chi connectivity index (χ3v) is 0.596. The standard InChI is InChI=1S/C3H6O.C2H4O2/c1-3-2-4-3;1-4-2-3/h3H,2H2,1H3;2H,1H3. The fourth-order valence-electron chi connectivity index (χ4n) is 0.0962. The Bertz CT molecular complexity index is 58.7. The molecule has 0 spiro atoms. The van der Waals surface area contributed by atoms with Crippen LogP contribution in [0.5, 0.6) is 0 Å². The zero-order chi connectivity index (χ0) is 6.41. The van der Waals surface area contributed by atoms with Gasteiger partial charge in [-0.15, -0.1) is 0 Å². The van der Waals surface area contributed by atoms with Gasteiger partial charge in [0.15, 0.2) is 0 Å². The molecule has 1 fully saturated rings. The first kappa shape index (κ1) is 7.43. The predicted octanol–water partition coefficient (Wildman–Crippen LogP) is 0.194. The van der Waals surface area contributed by atoms with Gasteiger partial charge in [0.25, 0.3) is 6.47 Å². The molecule has 0 aliphatic carbocycles. The summed E-state index contributed by atoms with van der Waals surface area (Å²) in [5, 5.41) is 0. The van der Waals surface area contributed by atoms with Crippen LogP contribution in [0.25, 0.3) is 0 Å². The molecule has 0 saturated carbocycles. The van der Waals surface area contributed by atoms with Gasteiger partial charge in [-0.25, -0.2) is 0 Å². The summed E-state index contributed by atoms with van der Waals surface area (Å²) in [5.41, 5.74) is 0. The zero-order valence-electron chi connectivity index (χ0n) is 5.09. The molecule has 48 valence electrons. The molecule has 8 heavy (non-hydrogen) atoms. The highest BCUT2D eigenvalue weighted by Crippen LogP contribution is 2.04. The van der Waals surface area contributed by atoms with Crippen molar-refractivity contribution in [2.24, 2.45) is 0 Å². The molecule has 1 rings (SSSR count). The molecular formula is C5H10O3. The molecule has 0 radical (unpaired) electrons. The molecule has 0 aromatic carbocycles. The van der Waals surface area contributed by atoms with Crippen LogP contribution in [0.3, 0.4) is 0 Å². The van der Waals surface area contributed by atoms with Gasteiger partial charge in [0, 0.05) is 0 Å². The van der Waals surface area contributed by atoms with Gasteiger partial charge in [0.2, 0.25) is 0 Å². The molecule has 0 amide bonds. The van der Waals surface area contributed by atoms with E-state index >= 15 is 0 Å². The number of methoxy groups -OCH3 is 1. The van der Waals surface area contributed by atoms with E-state index in [1.54, 1.807) is 0 Å². The van der Waals surface area contributed by atoms with E-state index in [0.29, 0.717) is 12.6 Å². The molecule has 1 aliphatic rings. The van der Waals surface area contributed by atoms with E-state index in [1.165, 1.54) is 7.11 Å². The van der Waals surface area contributed by atoms with Crippen LogP contribution in [0.2, 0.25) is 0 Å². The Morgan fingerprint density at radius 1 is 1.88 bits per heavy atom. The van der Waals surface area contributed by atoms with Crippen molar-refractivity contribution in [3.8, 4) is 0 Å². The molecule has 1 unspecified atom stereocenters. The molecule has 3 heteroatoms. The maximum Gasteiger partial charge on any atom is 0.292 e. The Morgan fingerprint density at radius 3 is 2.12 bits per heavy atom. The summed E-state index contributed by atoms with van der Waals surface area (Å²) in [5.74, 6) is 0. The number of carbonyl (C=O) groups excluding carboxylic acids is 1. The zero-order valence-corrected chi connectivity index (χ0v) is 5.09. The second kappa shape index (κ2) is 4.59. The maximum atomic E-state index is 8.95. The summed E-state index contributed by atoms with van der Waals surface area (Å²) in [6.07, 6.45) is 0.583. The van der Waals surface area contributed by atoms with Gasteiger partial charge >= 0.3 is 0 Å². The number of hydrogen-bond donors (Lipinski definition) is 0. The van der Waals surface area contributed by atoms with Crippen molar-refractivity contribution in [2.75, 3.05) is 13.7 Å². The van der Waals surface area contributed by atoms with Gasteiger partial charge in [0.05, 0.1) is 19.8 Å². The molecule has 1 saturated heterocycles. The van der Waals surface area contributed by atoms with Crippen molar-refractivity contribution >= 4 is 6.47 Å². The number of rotatable bonds is 1. The van der Waals surface area contributed by atoms with E-state index in [0.717, 1.165) is 6.61 Å². The van der Waals surface area contributed by atoms with Gasteiger partial charge in [-0.05, 0) is 6.92 Å². The SMILES string of the molecule is CC1CO1.COC=O. The summed E-state index contributed by atoms with van der Waals surface area (Å²) < 4.78 is 8.57. The van der Waals surface area contributed by atoms with Crippen molar-refractivity contribution in [3.05, 3.63) is 0 Å². The van der Waals surface area contributed by atoms with E-state index in [1.807, 2.05) is 0 Å². The highest BCUT2D eigenvalue weighted by Gasteiger charge is 2.13. The van der Waals surface area contributed by atoms with Gasteiger partial charge in [0.1, 0.15) is 0 Å². The topological polar surface area (TPSA) is 38.8 Å². The lowest BCUT2D eigenvalue weighted by molar-refractivity contribution is -0.126. The lowest BCUT2D eigenvalue weighted by Crippen LogP contribution is -1.68. The van der Waals surface area contributed by atoms with Crippen molar-refractivity contribution in [3.63, 3.8) is 0 Å². The first-order valence-electron chi connectivity index (χ1n) is 2.39. The normalized spacial score (nSPS) is 22.5. The molecule has 0 aromatic heterocycles. The van der Waals surface area contributed by atoms with Gasteiger partial charge in [-0.2, -0.15) is 0 Å². The summed E-state index contributed by atoms with van der Waals surface area (Å²) in [7, 11) is 1.31. The second-order valence-corrected chi connectivity index (χ2v) is 1.48. The average Bonchev–Trinajstić information content (AvgIpc) is 2.52. The third kappa shape index (κ3) is 9.06. The Kier molecular flexibility index (Phi) is 4.26. The van der Waals surface area contributed by atoms with Crippen LogP contribution in [0.15, 0.2) is 0 Å². The minimum absolute atomic E-state index is 0.375. The molecule has 0 N–H and O–H groups in total.